The fraction of sp³-hybridized carbons (Fsp3) is 0.500. The van der Waals surface area contributed by atoms with Gasteiger partial charge in [-0.2, -0.15) is 0 Å². The van der Waals surface area contributed by atoms with Crippen molar-refractivity contribution in [2.45, 2.75) is 13.3 Å². The average Bonchev–Trinajstić information content (AvgIpc) is 2.29. The van der Waals surface area contributed by atoms with Gasteiger partial charge in [0.05, 0.1) is 0 Å². The zero-order valence-corrected chi connectivity index (χ0v) is 7.38. The summed E-state index contributed by atoms with van der Waals surface area (Å²) in [4.78, 5) is 4.48. The summed E-state index contributed by atoms with van der Waals surface area (Å²) >= 11 is 0. The van der Waals surface area contributed by atoms with Gasteiger partial charge in [0.1, 0.15) is 0 Å². The van der Waals surface area contributed by atoms with E-state index in [9.17, 15) is 0 Å². The Morgan fingerprint density at radius 1 is 1.58 bits per heavy atom. The van der Waals surface area contributed by atoms with E-state index in [0.29, 0.717) is 5.92 Å². The fourth-order valence-corrected chi connectivity index (χ4v) is 1.52. The largest absolute Gasteiger partial charge is 0.312 e. The minimum Gasteiger partial charge on any atom is -0.312 e. The highest BCUT2D eigenvalue weighted by atomic mass is 14.9. The Labute approximate surface area is 73.1 Å². The molecular weight excluding hydrogens is 148 g/mol. The van der Waals surface area contributed by atoms with Gasteiger partial charge in [-0.25, -0.2) is 0 Å². The summed E-state index contributed by atoms with van der Waals surface area (Å²) in [5, 5.41) is 3.34. The van der Waals surface area contributed by atoms with E-state index in [1.807, 2.05) is 6.21 Å². The number of allylic oxidation sites excluding steroid dienone is 1. The highest BCUT2D eigenvalue weighted by Crippen LogP contribution is 2.18. The van der Waals surface area contributed by atoms with E-state index in [-0.39, 0.29) is 0 Å². The third-order valence-corrected chi connectivity index (χ3v) is 2.29. The van der Waals surface area contributed by atoms with E-state index in [2.05, 4.69) is 29.4 Å². The Kier molecular flexibility index (Phi) is 2.09. The van der Waals surface area contributed by atoms with Crippen molar-refractivity contribution in [3.8, 4) is 0 Å². The van der Waals surface area contributed by atoms with Crippen LogP contribution in [0.3, 0.4) is 0 Å². The summed E-state index contributed by atoms with van der Waals surface area (Å²) in [6.45, 7) is 4.21. The number of nitrogens with zero attached hydrogens (tertiary/aromatic N) is 1. The monoisotopic (exact) mass is 162 g/mol. The average molecular weight is 162 g/mol. The molecule has 1 unspecified atom stereocenters. The molecule has 0 aromatic carbocycles. The molecule has 1 atom stereocenters. The predicted molar refractivity (Wildman–Crippen MR) is 51.3 cm³/mol. The second kappa shape index (κ2) is 3.23. The Bertz CT molecular complexity index is 235. The van der Waals surface area contributed by atoms with Gasteiger partial charge in [0.25, 0.3) is 0 Å². The summed E-state index contributed by atoms with van der Waals surface area (Å²) < 4.78 is 0. The molecule has 2 heterocycles. The van der Waals surface area contributed by atoms with Crippen LogP contribution >= 0.6 is 0 Å². The Morgan fingerprint density at radius 3 is 3.42 bits per heavy atom. The van der Waals surface area contributed by atoms with Crippen LogP contribution in [0.1, 0.15) is 13.3 Å². The lowest BCUT2D eigenvalue weighted by Crippen LogP contribution is -2.23. The Hall–Kier alpha value is -0.890. The van der Waals surface area contributed by atoms with Gasteiger partial charge in [-0.3, -0.25) is 4.99 Å². The van der Waals surface area contributed by atoms with Crippen LogP contribution in [0.25, 0.3) is 0 Å². The summed E-state index contributed by atoms with van der Waals surface area (Å²) in [7, 11) is 0. The van der Waals surface area contributed by atoms with Crippen LogP contribution in [-0.2, 0) is 0 Å². The van der Waals surface area contributed by atoms with Gasteiger partial charge in [-0.1, -0.05) is 19.1 Å². The SMILES string of the molecule is CC1C=CC2=C(CCNC2)N=C1. The Balaban J connectivity index is 2.29. The summed E-state index contributed by atoms with van der Waals surface area (Å²) in [5.41, 5.74) is 2.64. The molecule has 2 rings (SSSR count). The topological polar surface area (TPSA) is 24.4 Å². The maximum absolute atomic E-state index is 4.48. The van der Waals surface area contributed by atoms with Crippen molar-refractivity contribution in [2.75, 3.05) is 13.1 Å². The van der Waals surface area contributed by atoms with E-state index in [1.165, 1.54) is 11.3 Å². The van der Waals surface area contributed by atoms with E-state index in [4.69, 9.17) is 0 Å². The molecule has 0 saturated heterocycles. The van der Waals surface area contributed by atoms with Gasteiger partial charge < -0.3 is 5.32 Å². The van der Waals surface area contributed by atoms with Crippen LogP contribution in [-0.4, -0.2) is 19.3 Å². The van der Waals surface area contributed by atoms with Crippen molar-refractivity contribution in [1.82, 2.24) is 5.32 Å². The van der Waals surface area contributed by atoms with E-state index < -0.39 is 0 Å². The maximum Gasteiger partial charge on any atom is 0.0457 e. The smallest absolute Gasteiger partial charge is 0.0457 e. The number of aliphatic imine (C=N–C) groups is 1. The lowest BCUT2D eigenvalue weighted by Gasteiger charge is -2.14. The third kappa shape index (κ3) is 1.48. The number of hydrogen-bond donors (Lipinski definition) is 1. The van der Waals surface area contributed by atoms with Crippen molar-refractivity contribution < 1.29 is 0 Å². The lowest BCUT2D eigenvalue weighted by atomic mass is 10.1. The van der Waals surface area contributed by atoms with Crippen LogP contribution in [0, 0.1) is 5.92 Å². The van der Waals surface area contributed by atoms with Crippen LogP contribution < -0.4 is 5.32 Å². The molecule has 0 fully saturated rings. The molecule has 12 heavy (non-hydrogen) atoms. The molecule has 2 heteroatoms. The van der Waals surface area contributed by atoms with Gasteiger partial charge in [0, 0.05) is 37.3 Å². The zero-order chi connectivity index (χ0) is 8.39. The first-order valence-corrected chi connectivity index (χ1v) is 4.51. The fourth-order valence-electron chi connectivity index (χ4n) is 1.52. The van der Waals surface area contributed by atoms with Crippen molar-refractivity contribution in [3.05, 3.63) is 23.4 Å². The molecule has 0 aromatic heterocycles. The third-order valence-electron chi connectivity index (χ3n) is 2.29. The summed E-state index contributed by atoms with van der Waals surface area (Å²) in [6.07, 6.45) is 7.52. The predicted octanol–water partition coefficient (Wildman–Crippen LogP) is 1.51. The van der Waals surface area contributed by atoms with Crippen molar-refractivity contribution in [2.24, 2.45) is 10.9 Å². The molecule has 0 bridgehead atoms. The van der Waals surface area contributed by atoms with Crippen molar-refractivity contribution >= 4 is 6.21 Å². The molecule has 0 spiro atoms. The molecule has 2 aliphatic rings. The highest BCUT2D eigenvalue weighted by Gasteiger charge is 2.10. The molecule has 64 valence electrons. The van der Waals surface area contributed by atoms with Crippen LogP contribution in [0.5, 0.6) is 0 Å². The molecule has 0 saturated carbocycles. The molecule has 1 N–H and O–H groups in total. The second-order valence-corrected chi connectivity index (χ2v) is 3.40. The van der Waals surface area contributed by atoms with Crippen LogP contribution in [0.4, 0.5) is 0 Å². The van der Waals surface area contributed by atoms with E-state index in [0.717, 1.165) is 19.5 Å². The van der Waals surface area contributed by atoms with Crippen molar-refractivity contribution in [1.29, 1.82) is 0 Å². The molecule has 2 nitrogen and oxygen atoms in total. The lowest BCUT2D eigenvalue weighted by molar-refractivity contribution is 0.682. The number of hydrogen-bond acceptors (Lipinski definition) is 2. The minimum absolute atomic E-state index is 0.482. The Morgan fingerprint density at radius 2 is 2.50 bits per heavy atom. The van der Waals surface area contributed by atoms with E-state index >= 15 is 0 Å². The number of nitrogens with one attached hydrogen (secondary N) is 1. The van der Waals surface area contributed by atoms with Gasteiger partial charge in [0.15, 0.2) is 0 Å². The molecular formula is C10H14N2. The van der Waals surface area contributed by atoms with Crippen LogP contribution in [0.15, 0.2) is 28.4 Å². The quantitative estimate of drug-likeness (QED) is 0.573. The van der Waals surface area contributed by atoms with Gasteiger partial charge in [0.2, 0.25) is 0 Å². The van der Waals surface area contributed by atoms with Crippen LogP contribution in [0.2, 0.25) is 0 Å². The first-order chi connectivity index (χ1) is 5.86. The van der Waals surface area contributed by atoms with Gasteiger partial charge in [-0.15, -0.1) is 0 Å². The molecule has 2 aliphatic heterocycles. The second-order valence-electron chi connectivity index (χ2n) is 3.40. The zero-order valence-electron chi connectivity index (χ0n) is 7.38. The van der Waals surface area contributed by atoms with E-state index in [1.54, 1.807) is 0 Å². The first-order valence-electron chi connectivity index (χ1n) is 4.51. The summed E-state index contributed by atoms with van der Waals surface area (Å²) in [5.74, 6) is 0.482. The highest BCUT2D eigenvalue weighted by molar-refractivity contribution is 5.66. The molecule has 0 amide bonds. The van der Waals surface area contributed by atoms with Gasteiger partial charge in [-0.05, 0) is 5.57 Å². The van der Waals surface area contributed by atoms with Crippen molar-refractivity contribution in [3.63, 3.8) is 0 Å². The standard InChI is InChI=1S/C10H14N2/c1-8-2-3-9-7-11-5-4-10(9)12-6-8/h2-3,6,8,11H,4-5,7H2,1H3. The molecule has 0 radical (unpaired) electrons. The summed E-state index contributed by atoms with van der Waals surface area (Å²) in [6, 6.07) is 0. The molecule has 0 aromatic rings. The normalized spacial score (nSPS) is 28.6. The molecule has 0 aliphatic carbocycles. The maximum atomic E-state index is 4.48. The van der Waals surface area contributed by atoms with Gasteiger partial charge >= 0.3 is 0 Å². The first kappa shape index (κ1) is 7.74. The number of rotatable bonds is 0. The minimum atomic E-state index is 0.482.